The Morgan fingerprint density at radius 3 is 2.90 bits per heavy atom. The van der Waals surface area contributed by atoms with Gasteiger partial charge in [-0.15, -0.1) is 11.3 Å². The van der Waals surface area contributed by atoms with E-state index >= 15 is 0 Å². The third kappa shape index (κ3) is 4.53. The molecule has 2 heterocycles. The Labute approximate surface area is 131 Å². The van der Waals surface area contributed by atoms with Gasteiger partial charge in [-0.05, 0) is 29.7 Å². The molecule has 0 aliphatic carbocycles. The molecule has 118 valence electrons. The van der Waals surface area contributed by atoms with Crippen LogP contribution in [0.2, 0.25) is 0 Å². The molecule has 0 aromatic carbocycles. The Kier molecular flexibility index (Phi) is 5.79. The van der Waals surface area contributed by atoms with E-state index in [1.54, 1.807) is 11.3 Å². The number of likely N-dealkylation sites (tertiary alicyclic amines) is 1. The molecule has 4 nitrogen and oxygen atoms in total. The second kappa shape index (κ2) is 7.38. The van der Waals surface area contributed by atoms with Gasteiger partial charge in [-0.25, -0.2) is 0 Å². The van der Waals surface area contributed by atoms with Crippen molar-refractivity contribution in [1.82, 2.24) is 10.2 Å². The van der Waals surface area contributed by atoms with E-state index < -0.39 is 0 Å². The summed E-state index contributed by atoms with van der Waals surface area (Å²) in [5.41, 5.74) is 0. The maximum absolute atomic E-state index is 12.3. The predicted molar refractivity (Wildman–Crippen MR) is 86.3 cm³/mol. The number of amides is 1. The molecular formula is C16H26N2O2S. The van der Waals surface area contributed by atoms with Gasteiger partial charge in [0.1, 0.15) is 0 Å². The average molecular weight is 310 g/mol. The van der Waals surface area contributed by atoms with Gasteiger partial charge in [0.2, 0.25) is 5.91 Å². The largest absolute Gasteiger partial charge is 0.393 e. The van der Waals surface area contributed by atoms with Crippen LogP contribution in [0.15, 0.2) is 17.5 Å². The van der Waals surface area contributed by atoms with Crippen LogP contribution < -0.4 is 5.32 Å². The second-order valence-electron chi connectivity index (χ2n) is 6.37. The van der Waals surface area contributed by atoms with Crippen molar-refractivity contribution in [3.05, 3.63) is 22.4 Å². The number of carbonyl (C=O) groups excluding carboxylic acids is 1. The summed E-state index contributed by atoms with van der Waals surface area (Å²) >= 11 is 1.69. The quantitative estimate of drug-likeness (QED) is 0.877. The maximum Gasteiger partial charge on any atom is 0.234 e. The normalized spacial score (nSPS) is 25.0. The lowest BCUT2D eigenvalue weighted by Crippen LogP contribution is -2.47. The summed E-state index contributed by atoms with van der Waals surface area (Å²) < 4.78 is 0. The monoisotopic (exact) mass is 310 g/mol. The number of hydrogen-bond donors (Lipinski definition) is 2. The van der Waals surface area contributed by atoms with Crippen molar-refractivity contribution in [2.75, 3.05) is 19.6 Å². The first-order valence-electron chi connectivity index (χ1n) is 7.70. The van der Waals surface area contributed by atoms with Gasteiger partial charge in [0.05, 0.1) is 18.7 Å². The molecule has 1 amide bonds. The predicted octanol–water partition coefficient (Wildman–Crippen LogP) is 2.26. The fraction of sp³-hybridized carbons (Fsp3) is 0.688. The Balaban J connectivity index is 1.88. The molecule has 3 atom stereocenters. The molecule has 0 spiro atoms. The molecule has 0 bridgehead atoms. The average Bonchev–Trinajstić information content (AvgIpc) is 2.93. The second-order valence-corrected chi connectivity index (χ2v) is 7.35. The molecule has 2 rings (SSSR count). The Hall–Kier alpha value is -0.910. The van der Waals surface area contributed by atoms with Crippen LogP contribution in [0, 0.1) is 11.8 Å². The smallest absolute Gasteiger partial charge is 0.234 e. The summed E-state index contributed by atoms with van der Waals surface area (Å²) in [5.74, 6) is 0.685. The number of nitrogens with zero attached hydrogens (tertiary/aromatic N) is 1. The zero-order chi connectivity index (χ0) is 15.4. The molecule has 2 N–H and O–H groups in total. The lowest BCUT2D eigenvalue weighted by Gasteiger charge is -2.34. The highest BCUT2D eigenvalue weighted by Crippen LogP contribution is 2.25. The Morgan fingerprint density at radius 2 is 2.33 bits per heavy atom. The number of carbonyl (C=O) groups is 1. The van der Waals surface area contributed by atoms with Gasteiger partial charge in [-0.2, -0.15) is 0 Å². The summed E-state index contributed by atoms with van der Waals surface area (Å²) in [4.78, 5) is 15.6. The zero-order valence-corrected chi connectivity index (χ0v) is 13.9. The minimum absolute atomic E-state index is 0.0747. The van der Waals surface area contributed by atoms with Gasteiger partial charge in [-0.3, -0.25) is 9.69 Å². The summed E-state index contributed by atoms with van der Waals surface area (Å²) in [5, 5.41) is 15.0. The van der Waals surface area contributed by atoms with E-state index in [0.29, 0.717) is 12.5 Å². The molecule has 3 unspecified atom stereocenters. The molecule has 21 heavy (non-hydrogen) atoms. The van der Waals surface area contributed by atoms with Gasteiger partial charge in [0.25, 0.3) is 0 Å². The third-order valence-electron chi connectivity index (χ3n) is 4.14. The SMILES string of the molecule is CC(C)C(NC(=O)CN1CCC(O)C(C)C1)c1cccs1. The van der Waals surface area contributed by atoms with E-state index in [1.165, 1.54) is 4.88 Å². The van der Waals surface area contributed by atoms with Gasteiger partial charge in [-0.1, -0.05) is 26.8 Å². The molecule has 1 aliphatic heterocycles. The highest BCUT2D eigenvalue weighted by molar-refractivity contribution is 7.10. The first-order chi connectivity index (χ1) is 9.97. The number of nitrogens with one attached hydrogen (secondary N) is 1. The van der Waals surface area contributed by atoms with Crippen LogP contribution in [-0.4, -0.2) is 41.7 Å². The van der Waals surface area contributed by atoms with E-state index in [1.807, 2.05) is 18.4 Å². The van der Waals surface area contributed by atoms with Crippen LogP contribution in [0.25, 0.3) is 0 Å². The van der Waals surface area contributed by atoms with Crippen molar-refractivity contribution in [2.24, 2.45) is 11.8 Å². The van der Waals surface area contributed by atoms with E-state index in [4.69, 9.17) is 0 Å². The molecule has 1 aromatic heterocycles. The first-order valence-corrected chi connectivity index (χ1v) is 8.58. The standard InChI is InChI=1S/C16H26N2O2S/c1-11(2)16(14-5-4-8-21-14)17-15(20)10-18-7-6-13(19)12(3)9-18/h4-5,8,11-13,16,19H,6-7,9-10H2,1-3H3,(H,17,20). The Morgan fingerprint density at radius 1 is 1.57 bits per heavy atom. The summed E-state index contributed by atoms with van der Waals surface area (Å²) in [6.45, 7) is 8.31. The lowest BCUT2D eigenvalue weighted by molar-refractivity contribution is -0.124. The highest BCUT2D eigenvalue weighted by atomic mass is 32.1. The van der Waals surface area contributed by atoms with Gasteiger partial charge < -0.3 is 10.4 Å². The van der Waals surface area contributed by atoms with Crippen LogP contribution >= 0.6 is 11.3 Å². The van der Waals surface area contributed by atoms with Crippen molar-refractivity contribution in [3.63, 3.8) is 0 Å². The lowest BCUT2D eigenvalue weighted by atomic mass is 9.97. The van der Waals surface area contributed by atoms with E-state index in [-0.39, 0.29) is 24.0 Å². The third-order valence-corrected chi connectivity index (χ3v) is 5.10. The molecule has 0 radical (unpaired) electrons. The number of aliphatic hydroxyl groups excluding tert-OH is 1. The summed E-state index contributed by atoms with van der Waals surface area (Å²) in [6.07, 6.45) is 0.534. The van der Waals surface area contributed by atoms with Crippen molar-refractivity contribution in [1.29, 1.82) is 0 Å². The first kappa shape index (κ1) is 16.5. The van der Waals surface area contributed by atoms with E-state index in [2.05, 4.69) is 30.1 Å². The van der Waals surface area contributed by atoms with Crippen LogP contribution in [-0.2, 0) is 4.79 Å². The van der Waals surface area contributed by atoms with Crippen LogP contribution in [0.1, 0.15) is 38.1 Å². The van der Waals surface area contributed by atoms with Crippen molar-refractivity contribution >= 4 is 17.2 Å². The topological polar surface area (TPSA) is 52.6 Å². The maximum atomic E-state index is 12.3. The van der Waals surface area contributed by atoms with Gasteiger partial charge in [0, 0.05) is 18.0 Å². The number of rotatable bonds is 5. The minimum Gasteiger partial charge on any atom is -0.393 e. The molecule has 0 saturated carbocycles. The number of piperidine rings is 1. The van der Waals surface area contributed by atoms with E-state index in [0.717, 1.165) is 19.5 Å². The molecular weight excluding hydrogens is 284 g/mol. The fourth-order valence-corrected chi connectivity index (χ4v) is 3.77. The molecule has 1 aliphatic rings. The zero-order valence-electron chi connectivity index (χ0n) is 13.1. The molecule has 5 heteroatoms. The van der Waals surface area contributed by atoms with Crippen LogP contribution in [0.3, 0.4) is 0 Å². The van der Waals surface area contributed by atoms with Gasteiger partial charge >= 0.3 is 0 Å². The Bertz CT molecular complexity index is 447. The van der Waals surface area contributed by atoms with Crippen molar-refractivity contribution in [3.8, 4) is 0 Å². The van der Waals surface area contributed by atoms with Crippen LogP contribution in [0.5, 0.6) is 0 Å². The highest BCUT2D eigenvalue weighted by Gasteiger charge is 2.26. The number of hydrogen-bond acceptors (Lipinski definition) is 4. The minimum atomic E-state index is -0.223. The summed E-state index contributed by atoms with van der Waals surface area (Å²) in [6, 6.07) is 4.19. The number of thiophene rings is 1. The fourth-order valence-electron chi connectivity index (χ4n) is 2.82. The van der Waals surface area contributed by atoms with Crippen molar-refractivity contribution in [2.45, 2.75) is 39.3 Å². The number of aliphatic hydroxyl groups is 1. The molecule has 1 saturated heterocycles. The molecule has 1 aromatic rings. The molecule has 1 fully saturated rings. The van der Waals surface area contributed by atoms with Crippen molar-refractivity contribution < 1.29 is 9.90 Å². The van der Waals surface area contributed by atoms with Gasteiger partial charge in [0.15, 0.2) is 0 Å². The summed E-state index contributed by atoms with van der Waals surface area (Å²) in [7, 11) is 0. The van der Waals surface area contributed by atoms with E-state index in [9.17, 15) is 9.90 Å². The van der Waals surface area contributed by atoms with Crippen LogP contribution in [0.4, 0.5) is 0 Å².